The molecule has 0 saturated carbocycles. The fraction of sp³-hybridized carbons (Fsp3) is 0.0800. The Morgan fingerprint density at radius 3 is 2.26 bits per heavy atom. The van der Waals surface area contributed by atoms with Crippen molar-refractivity contribution in [2.24, 2.45) is 0 Å². The van der Waals surface area contributed by atoms with E-state index in [1.54, 1.807) is 6.07 Å². The van der Waals surface area contributed by atoms with Gasteiger partial charge in [0.1, 0.15) is 11.8 Å². The number of carbonyl (C=O) groups excluding carboxylic acids is 3. The van der Waals surface area contributed by atoms with Crippen LogP contribution in [0.1, 0.15) is 24.1 Å². The summed E-state index contributed by atoms with van der Waals surface area (Å²) < 4.78 is 0. The van der Waals surface area contributed by atoms with Crippen LogP contribution in [0.25, 0.3) is 5.76 Å². The maximum Gasteiger partial charge on any atom is 0.300 e. The smallest absolute Gasteiger partial charge is 0.300 e. The quantitative estimate of drug-likeness (QED) is 0.173. The van der Waals surface area contributed by atoms with Gasteiger partial charge in [-0.3, -0.25) is 29.4 Å². The number of rotatable bonds is 5. The van der Waals surface area contributed by atoms with Crippen LogP contribution in [0, 0.1) is 10.1 Å². The van der Waals surface area contributed by atoms with E-state index in [2.05, 4.69) is 5.32 Å². The number of hydrogen-bond acceptors (Lipinski definition) is 6. The van der Waals surface area contributed by atoms with Gasteiger partial charge in [0.05, 0.1) is 16.1 Å². The highest BCUT2D eigenvalue weighted by Gasteiger charge is 2.48. The molecule has 2 amide bonds. The molecule has 1 saturated heterocycles. The third-order valence-corrected chi connectivity index (χ3v) is 5.71. The summed E-state index contributed by atoms with van der Waals surface area (Å²) in [4.78, 5) is 50.0. The minimum absolute atomic E-state index is 0.0538. The molecule has 1 fully saturated rings. The van der Waals surface area contributed by atoms with Crippen molar-refractivity contribution in [2.45, 2.75) is 13.0 Å². The first-order valence-electron chi connectivity index (χ1n) is 10.4. The van der Waals surface area contributed by atoms with Crippen molar-refractivity contribution in [2.75, 3.05) is 10.2 Å². The maximum absolute atomic E-state index is 13.2. The van der Waals surface area contributed by atoms with Crippen LogP contribution in [0.2, 0.25) is 5.02 Å². The molecule has 9 nitrogen and oxygen atoms in total. The zero-order chi connectivity index (χ0) is 25.3. The highest BCUT2D eigenvalue weighted by molar-refractivity contribution is 6.51. The van der Waals surface area contributed by atoms with Gasteiger partial charge in [-0.25, -0.2) is 0 Å². The third-order valence-electron chi connectivity index (χ3n) is 5.46. The summed E-state index contributed by atoms with van der Waals surface area (Å²) in [6.45, 7) is 1.34. The van der Waals surface area contributed by atoms with Crippen molar-refractivity contribution in [1.82, 2.24) is 0 Å². The molecule has 35 heavy (non-hydrogen) atoms. The molecule has 0 spiro atoms. The zero-order valence-electron chi connectivity index (χ0n) is 18.3. The second-order valence-corrected chi connectivity index (χ2v) is 8.16. The summed E-state index contributed by atoms with van der Waals surface area (Å²) in [6, 6.07) is 16.5. The first-order valence-corrected chi connectivity index (χ1v) is 10.7. The number of nitrogens with one attached hydrogen (secondary N) is 1. The second-order valence-electron chi connectivity index (χ2n) is 7.72. The van der Waals surface area contributed by atoms with E-state index >= 15 is 0 Å². The number of para-hydroxylation sites is 1. The van der Waals surface area contributed by atoms with Crippen LogP contribution < -0.4 is 10.2 Å². The Bertz CT molecular complexity index is 1380. The van der Waals surface area contributed by atoms with Crippen molar-refractivity contribution in [1.29, 1.82) is 0 Å². The molecular formula is C25H18ClN3O6. The van der Waals surface area contributed by atoms with Crippen molar-refractivity contribution < 1.29 is 24.4 Å². The van der Waals surface area contributed by atoms with Gasteiger partial charge >= 0.3 is 0 Å². The van der Waals surface area contributed by atoms with Crippen LogP contribution in [0.4, 0.5) is 17.1 Å². The zero-order valence-corrected chi connectivity index (χ0v) is 19.0. The van der Waals surface area contributed by atoms with Gasteiger partial charge in [-0.05, 0) is 54.6 Å². The topological polar surface area (TPSA) is 130 Å². The number of aliphatic hydroxyl groups excluding tert-OH is 1. The minimum Gasteiger partial charge on any atom is -0.507 e. The Labute approximate surface area is 204 Å². The summed E-state index contributed by atoms with van der Waals surface area (Å²) >= 11 is 5.93. The molecule has 176 valence electrons. The fourth-order valence-corrected chi connectivity index (χ4v) is 4.08. The first-order chi connectivity index (χ1) is 16.7. The second kappa shape index (κ2) is 9.40. The number of hydrogen-bond donors (Lipinski definition) is 2. The summed E-state index contributed by atoms with van der Waals surface area (Å²) in [7, 11) is 0. The third kappa shape index (κ3) is 4.49. The van der Waals surface area contributed by atoms with Crippen molar-refractivity contribution in [3.05, 3.63) is 105 Å². The van der Waals surface area contributed by atoms with E-state index in [4.69, 9.17) is 11.6 Å². The first kappa shape index (κ1) is 23.7. The summed E-state index contributed by atoms with van der Waals surface area (Å²) in [5, 5.41) is 25.9. The number of halogens is 1. The molecule has 1 atom stereocenters. The predicted molar refractivity (Wildman–Crippen MR) is 130 cm³/mol. The number of amides is 2. The van der Waals surface area contributed by atoms with E-state index in [0.29, 0.717) is 10.7 Å². The van der Waals surface area contributed by atoms with Gasteiger partial charge in [0.2, 0.25) is 5.91 Å². The van der Waals surface area contributed by atoms with Gasteiger partial charge in [0.15, 0.2) is 0 Å². The highest BCUT2D eigenvalue weighted by Crippen LogP contribution is 2.44. The molecule has 1 aliphatic rings. The average Bonchev–Trinajstić information content (AvgIpc) is 3.09. The lowest BCUT2D eigenvalue weighted by Gasteiger charge is -2.25. The van der Waals surface area contributed by atoms with Crippen molar-refractivity contribution in [3.63, 3.8) is 0 Å². The van der Waals surface area contributed by atoms with Gasteiger partial charge in [-0.1, -0.05) is 23.7 Å². The number of carbonyl (C=O) groups is 3. The number of anilines is 2. The number of nitro groups is 1. The number of benzene rings is 3. The lowest BCUT2D eigenvalue weighted by Crippen LogP contribution is -2.29. The Morgan fingerprint density at radius 1 is 1.03 bits per heavy atom. The monoisotopic (exact) mass is 491 g/mol. The molecule has 0 aromatic heterocycles. The summed E-state index contributed by atoms with van der Waals surface area (Å²) in [5.41, 5.74) is 0.370. The molecule has 3 aromatic carbocycles. The molecule has 0 bridgehead atoms. The highest BCUT2D eigenvalue weighted by atomic mass is 35.5. The van der Waals surface area contributed by atoms with Gasteiger partial charge in [-0.2, -0.15) is 0 Å². The predicted octanol–water partition coefficient (Wildman–Crippen LogP) is 4.83. The number of nitro benzene ring substituents is 1. The van der Waals surface area contributed by atoms with Crippen LogP contribution in [-0.2, 0) is 14.4 Å². The Kier molecular flexibility index (Phi) is 6.35. The summed E-state index contributed by atoms with van der Waals surface area (Å²) in [6.07, 6.45) is 0. The number of Topliss-reactive ketones (excluding diaryl/α,β-unsaturated/α-hetero) is 1. The fourth-order valence-electron chi connectivity index (χ4n) is 3.95. The molecule has 0 aliphatic carbocycles. The van der Waals surface area contributed by atoms with E-state index in [-0.39, 0.29) is 34.0 Å². The van der Waals surface area contributed by atoms with Crippen LogP contribution in [0.3, 0.4) is 0 Å². The van der Waals surface area contributed by atoms with E-state index in [0.717, 1.165) is 4.90 Å². The van der Waals surface area contributed by atoms with Crippen molar-refractivity contribution in [3.8, 4) is 0 Å². The van der Waals surface area contributed by atoms with Crippen molar-refractivity contribution >= 4 is 52.0 Å². The number of ketones is 1. The van der Waals surface area contributed by atoms with Crippen LogP contribution in [0.5, 0.6) is 0 Å². The van der Waals surface area contributed by atoms with E-state index < -0.39 is 28.4 Å². The summed E-state index contributed by atoms with van der Waals surface area (Å²) in [5.74, 6) is -2.73. The van der Waals surface area contributed by atoms with Gasteiger partial charge in [-0.15, -0.1) is 0 Å². The Morgan fingerprint density at radius 2 is 1.66 bits per heavy atom. The van der Waals surface area contributed by atoms with Crippen LogP contribution >= 0.6 is 11.6 Å². The van der Waals surface area contributed by atoms with Gasteiger partial charge < -0.3 is 10.4 Å². The molecule has 1 aliphatic heterocycles. The molecule has 1 heterocycles. The molecule has 0 radical (unpaired) electrons. The molecular weight excluding hydrogens is 474 g/mol. The van der Waals surface area contributed by atoms with E-state index in [1.807, 2.05) is 0 Å². The lowest BCUT2D eigenvalue weighted by molar-refractivity contribution is -0.385. The standard InChI is InChI=1S/C25H18ClN3O6/c1-14(30)27-17-10-12-18(13-11-17)28-22(19-4-2-3-5-20(19)29(34)35)21(24(32)25(28)33)23(31)15-6-8-16(26)9-7-15/h2-13,22,31H,1H3,(H,27,30)/b23-21-. The van der Waals surface area contributed by atoms with Crippen LogP contribution in [0.15, 0.2) is 78.4 Å². The number of nitrogens with zero attached hydrogens (tertiary/aromatic N) is 2. The average molecular weight is 492 g/mol. The minimum atomic E-state index is -1.28. The normalized spacial score (nSPS) is 16.9. The molecule has 3 aromatic rings. The SMILES string of the molecule is CC(=O)Nc1ccc(N2C(=O)C(=O)/C(=C(\O)c3ccc(Cl)cc3)C2c2ccccc2[N+](=O)[O-])cc1. The Balaban J connectivity index is 1.94. The van der Waals surface area contributed by atoms with Gasteiger partial charge in [0.25, 0.3) is 17.4 Å². The number of aliphatic hydroxyl groups is 1. The van der Waals surface area contributed by atoms with E-state index in [9.17, 15) is 29.6 Å². The Hall–Kier alpha value is -4.50. The van der Waals surface area contributed by atoms with E-state index in [1.165, 1.54) is 73.7 Å². The maximum atomic E-state index is 13.2. The molecule has 2 N–H and O–H groups in total. The molecule has 1 unspecified atom stereocenters. The van der Waals surface area contributed by atoms with Gasteiger partial charge in [0, 0.05) is 35.0 Å². The van der Waals surface area contributed by atoms with Crippen LogP contribution in [-0.4, -0.2) is 27.6 Å². The molecule has 10 heteroatoms. The largest absolute Gasteiger partial charge is 0.507 e. The molecule has 4 rings (SSSR count). The lowest BCUT2D eigenvalue weighted by atomic mass is 9.94.